The van der Waals surface area contributed by atoms with Gasteiger partial charge < -0.3 is 14.5 Å². The second-order valence-corrected chi connectivity index (χ2v) is 7.22. The Morgan fingerprint density at radius 1 is 1.10 bits per heavy atom. The molecule has 2 aromatic carbocycles. The second kappa shape index (κ2) is 7.85. The molecule has 0 aliphatic carbocycles. The largest absolute Gasteiger partial charge is 0.573 e. The van der Waals surface area contributed by atoms with Crippen LogP contribution in [0.3, 0.4) is 0 Å². The number of fused-ring (bicyclic) bond motifs is 3. The number of rotatable bonds is 3. The molecular formula is C22H19F3N2O3. The fraction of sp³-hybridized carbons (Fsp3) is 0.273. The Hall–Kier alpha value is -3.29. The lowest BCUT2D eigenvalue weighted by molar-refractivity contribution is -0.274. The van der Waals surface area contributed by atoms with Crippen LogP contribution in [-0.2, 0) is 16.0 Å². The van der Waals surface area contributed by atoms with Gasteiger partial charge in [-0.1, -0.05) is 36.4 Å². The van der Waals surface area contributed by atoms with Gasteiger partial charge in [-0.25, -0.2) is 0 Å². The number of piperazine rings is 1. The van der Waals surface area contributed by atoms with E-state index in [1.54, 1.807) is 0 Å². The van der Waals surface area contributed by atoms with Gasteiger partial charge >= 0.3 is 6.36 Å². The van der Waals surface area contributed by atoms with E-state index in [2.05, 4.69) is 4.74 Å². The molecule has 0 N–H and O–H groups in total. The molecule has 2 aliphatic rings. The number of hydrogen-bond acceptors (Lipinski definition) is 3. The lowest BCUT2D eigenvalue weighted by atomic mass is 9.91. The number of amides is 2. The topological polar surface area (TPSA) is 49.9 Å². The summed E-state index contributed by atoms with van der Waals surface area (Å²) in [5.41, 5.74) is 2.81. The number of nitrogens with zero attached hydrogens (tertiary/aromatic N) is 2. The maximum absolute atomic E-state index is 12.7. The molecule has 2 amide bonds. The fourth-order valence-corrected chi connectivity index (χ4v) is 3.90. The molecule has 2 aliphatic heterocycles. The number of carbonyl (C=O) groups excluding carboxylic acids is 2. The zero-order valence-electron chi connectivity index (χ0n) is 15.9. The number of ether oxygens (including phenoxy) is 1. The molecule has 0 aromatic heterocycles. The Morgan fingerprint density at radius 3 is 2.57 bits per heavy atom. The number of benzene rings is 2. The van der Waals surface area contributed by atoms with E-state index in [1.807, 2.05) is 29.2 Å². The third-order valence-corrected chi connectivity index (χ3v) is 5.30. The average molecular weight is 416 g/mol. The van der Waals surface area contributed by atoms with E-state index in [0.717, 1.165) is 12.0 Å². The van der Waals surface area contributed by atoms with Crippen molar-refractivity contribution in [1.29, 1.82) is 0 Å². The number of alkyl halides is 3. The van der Waals surface area contributed by atoms with Crippen LogP contribution in [0.4, 0.5) is 13.2 Å². The summed E-state index contributed by atoms with van der Waals surface area (Å²) in [5.74, 6) is -0.735. The summed E-state index contributed by atoms with van der Waals surface area (Å²) in [6.45, 7) is 1.06. The monoisotopic (exact) mass is 416 g/mol. The highest BCUT2D eigenvalue weighted by Gasteiger charge is 2.37. The number of halogens is 3. The second-order valence-electron chi connectivity index (χ2n) is 7.22. The summed E-state index contributed by atoms with van der Waals surface area (Å²) in [6.07, 6.45) is -1.11. The summed E-state index contributed by atoms with van der Waals surface area (Å²) in [5, 5.41) is 0. The van der Waals surface area contributed by atoms with Gasteiger partial charge in [-0.05, 0) is 41.3 Å². The first-order chi connectivity index (χ1) is 14.3. The van der Waals surface area contributed by atoms with E-state index >= 15 is 0 Å². The van der Waals surface area contributed by atoms with Gasteiger partial charge in [0.2, 0.25) is 11.8 Å². The first-order valence-corrected chi connectivity index (χ1v) is 9.50. The maximum Gasteiger partial charge on any atom is 0.573 e. The molecule has 0 bridgehead atoms. The molecule has 8 heteroatoms. The van der Waals surface area contributed by atoms with Crippen molar-refractivity contribution >= 4 is 17.9 Å². The number of carbonyl (C=O) groups is 2. The Labute approximate surface area is 171 Å². The minimum absolute atomic E-state index is 0.0141. The van der Waals surface area contributed by atoms with E-state index in [9.17, 15) is 22.8 Å². The molecule has 2 heterocycles. The van der Waals surface area contributed by atoms with E-state index < -0.39 is 6.36 Å². The predicted molar refractivity (Wildman–Crippen MR) is 103 cm³/mol. The quantitative estimate of drug-likeness (QED) is 0.719. The highest BCUT2D eigenvalue weighted by molar-refractivity contribution is 5.95. The molecule has 0 unspecified atom stereocenters. The van der Waals surface area contributed by atoms with Crippen molar-refractivity contribution in [2.45, 2.75) is 18.8 Å². The van der Waals surface area contributed by atoms with Crippen molar-refractivity contribution in [3.8, 4) is 5.75 Å². The minimum atomic E-state index is -4.75. The van der Waals surface area contributed by atoms with Gasteiger partial charge in [0.15, 0.2) is 0 Å². The van der Waals surface area contributed by atoms with Gasteiger partial charge in [0.1, 0.15) is 12.3 Å². The zero-order chi connectivity index (χ0) is 21.3. The Kier molecular flexibility index (Phi) is 5.24. The molecule has 0 radical (unpaired) electrons. The van der Waals surface area contributed by atoms with Crippen molar-refractivity contribution in [2.75, 3.05) is 19.6 Å². The van der Waals surface area contributed by atoms with Crippen LogP contribution in [0.15, 0.2) is 54.6 Å². The summed E-state index contributed by atoms with van der Waals surface area (Å²) >= 11 is 0. The molecule has 1 atom stereocenters. The first kappa shape index (κ1) is 20.0. The number of hydrogen-bond donors (Lipinski definition) is 0. The molecular weight excluding hydrogens is 397 g/mol. The Balaban J connectivity index is 1.45. The molecule has 30 heavy (non-hydrogen) atoms. The van der Waals surface area contributed by atoms with Gasteiger partial charge in [0.25, 0.3) is 0 Å². The van der Waals surface area contributed by atoms with E-state index in [-0.39, 0.29) is 30.2 Å². The van der Waals surface area contributed by atoms with Crippen LogP contribution in [0.25, 0.3) is 6.08 Å². The SMILES string of the molecule is O=C(/C=C/c1ccc(OC(F)(F)F)cc1)N1CC(=O)N2CCc3ccccc3[C@H]2C1. The van der Waals surface area contributed by atoms with E-state index in [0.29, 0.717) is 18.7 Å². The molecule has 5 nitrogen and oxygen atoms in total. The highest BCUT2D eigenvalue weighted by atomic mass is 19.4. The van der Waals surface area contributed by atoms with Gasteiger partial charge in [0, 0.05) is 19.2 Å². The van der Waals surface area contributed by atoms with Crippen LogP contribution in [0, 0.1) is 0 Å². The van der Waals surface area contributed by atoms with Crippen LogP contribution >= 0.6 is 0 Å². The average Bonchev–Trinajstić information content (AvgIpc) is 2.71. The maximum atomic E-state index is 12.7. The third kappa shape index (κ3) is 4.32. The van der Waals surface area contributed by atoms with E-state index in [1.165, 1.54) is 46.9 Å². The smallest absolute Gasteiger partial charge is 0.406 e. The lowest BCUT2D eigenvalue weighted by Crippen LogP contribution is -2.55. The fourth-order valence-electron chi connectivity index (χ4n) is 3.90. The van der Waals surface area contributed by atoms with Crippen LogP contribution < -0.4 is 4.74 Å². The van der Waals surface area contributed by atoms with Gasteiger partial charge in [-0.3, -0.25) is 9.59 Å². The molecule has 1 saturated heterocycles. The van der Waals surface area contributed by atoms with E-state index in [4.69, 9.17) is 0 Å². The van der Waals surface area contributed by atoms with Crippen LogP contribution in [0.2, 0.25) is 0 Å². The normalized spacial score (nSPS) is 18.9. The first-order valence-electron chi connectivity index (χ1n) is 9.50. The van der Waals surface area contributed by atoms with Crippen molar-refractivity contribution in [2.24, 2.45) is 0 Å². The summed E-state index contributed by atoms with van der Waals surface area (Å²) < 4.78 is 40.5. The molecule has 0 spiro atoms. The molecule has 2 aromatic rings. The van der Waals surface area contributed by atoms with Crippen LogP contribution in [0.1, 0.15) is 22.7 Å². The standard InChI is InChI=1S/C22H19F3N2O3/c23-22(24,25)30-17-8-5-15(6-9-17)7-10-20(28)26-13-19-18-4-2-1-3-16(18)11-12-27(19)21(29)14-26/h1-10,19H,11-14H2/b10-7+/t19-/m1/s1. The highest BCUT2D eigenvalue weighted by Crippen LogP contribution is 2.33. The minimum Gasteiger partial charge on any atom is -0.406 e. The predicted octanol–water partition coefficient (Wildman–Crippen LogP) is 3.57. The van der Waals surface area contributed by atoms with Crippen molar-refractivity contribution in [1.82, 2.24) is 9.80 Å². The zero-order valence-corrected chi connectivity index (χ0v) is 15.9. The van der Waals surface area contributed by atoms with Gasteiger partial charge in [-0.15, -0.1) is 13.2 Å². The summed E-state index contributed by atoms with van der Waals surface area (Å²) in [4.78, 5) is 28.6. The molecule has 156 valence electrons. The Morgan fingerprint density at radius 2 is 1.83 bits per heavy atom. The van der Waals surface area contributed by atoms with Crippen LogP contribution in [-0.4, -0.2) is 47.6 Å². The summed E-state index contributed by atoms with van der Waals surface area (Å²) in [7, 11) is 0. The van der Waals surface area contributed by atoms with Crippen molar-refractivity contribution in [3.05, 3.63) is 71.3 Å². The van der Waals surface area contributed by atoms with Gasteiger partial charge in [-0.2, -0.15) is 0 Å². The third-order valence-electron chi connectivity index (χ3n) is 5.30. The molecule has 1 fully saturated rings. The molecule has 4 rings (SSSR count). The summed E-state index contributed by atoms with van der Waals surface area (Å²) in [6, 6.07) is 13.0. The Bertz CT molecular complexity index is 986. The van der Waals surface area contributed by atoms with Crippen LogP contribution in [0.5, 0.6) is 5.75 Å². The lowest BCUT2D eigenvalue weighted by Gasteiger charge is -2.44. The van der Waals surface area contributed by atoms with Crippen molar-refractivity contribution < 1.29 is 27.5 Å². The van der Waals surface area contributed by atoms with Crippen molar-refractivity contribution in [3.63, 3.8) is 0 Å². The molecule has 0 saturated carbocycles. The van der Waals surface area contributed by atoms with Gasteiger partial charge in [0.05, 0.1) is 6.04 Å².